The molecule has 1 aromatic carbocycles. The van der Waals surface area contributed by atoms with Crippen molar-refractivity contribution < 1.29 is 14.3 Å². The lowest BCUT2D eigenvalue weighted by atomic mass is 10.1. The highest BCUT2D eigenvalue weighted by atomic mass is 16.5. The average molecular weight is 340 g/mol. The van der Waals surface area contributed by atoms with Crippen molar-refractivity contribution >= 4 is 17.2 Å². The fourth-order valence-corrected chi connectivity index (χ4v) is 2.54. The van der Waals surface area contributed by atoms with Crippen LogP contribution in [0, 0.1) is 0 Å². The lowest BCUT2D eigenvalue weighted by Crippen LogP contribution is -2.16. The molecule has 3 rings (SSSR count). The summed E-state index contributed by atoms with van der Waals surface area (Å²) in [5.41, 5.74) is 2.46. The zero-order valence-electron chi connectivity index (χ0n) is 14.6. The summed E-state index contributed by atoms with van der Waals surface area (Å²) in [5.74, 6) is 1.09. The fraction of sp³-hybridized carbons (Fsp3) is 0.278. The van der Waals surface area contributed by atoms with E-state index in [4.69, 9.17) is 9.47 Å². The van der Waals surface area contributed by atoms with Gasteiger partial charge in [0.2, 0.25) is 0 Å². The van der Waals surface area contributed by atoms with Gasteiger partial charge in [-0.3, -0.25) is 4.79 Å². The van der Waals surface area contributed by atoms with E-state index in [0.717, 1.165) is 5.69 Å². The zero-order valence-corrected chi connectivity index (χ0v) is 14.6. The van der Waals surface area contributed by atoms with E-state index < -0.39 is 0 Å². The van der Waals surface area contributed by atoms with Crippen molar-refractivity contribution in [2.24, 2.45) is 0 Å². The molecule has 0 saturated heterocycles. The van der Waals surface area contributed by atoms with Crippen LogP contribution in [-0.2, 0) is 0 Å². The van der Waals surface area contributed by atoms with Crippen LogP contribution in [-0.4, -0.2) is 34.7 Å². The number of ether oxygens (including phenoxy) is 2. The lowest BCUT2D eigenvalue weighted by Gasteiger charge is -2.12. The van der Waals surface area contributed by atoms with Crippen LogP contribution in [0.5, 0.6) is 11.5 Å². The van der Waals surface area contributed by atoms with Gasteiger partial charge in [-0.15, -0.1) is 0 Å². The first-order chi connectivity index (χ1) is 12.0. The maximum atomic E-state index is 12.7. The largest absolute Gasteiger partial charge is 0.497 e. The van der Waals surface area contributed by atoms with Crippen molar-refractivity contribution in [2.45, 2.75) is 19.8 Å². The van der Waals surface area contributed by atoms with Gasteiger partial charge in [0, 0.05) is 35.6 Å². The second-order valence-electron chi connectivity index (χ2n) is 5.88. The van der Waals surface area contributed by atoms with Gasteiger partial charge in [-0.2, -0.15) is 5.10 Å². The highest BCUT2D eigenvalue weighted by Gasteiger charge is 2.15. The number of methoxy groups -OCH3 is 2. The molecule has 0 aliphatic heterocycles. The van der Waals surface area contributed by atoms with Gasteiger partial charge in [-0.25, -0.2) is 9.50 Å². The Labute approximate surface area is 145 Å². The molecule has 0 saturated carbocycles. The predicted molar refractivity (Wildman–Crippen MR) is 94.6 cm³/mol. The lowest BCUT2D eigenvalue weighted by molar-refractivity contribution is 0.102. The minimum atomic E-state index is -0.305. The number of rotatable bonds is 5. The topological polar surface area (TPSA) is 77.8 Å². The Morgan fingerprint density at radius 1 is 1.12 bits per heavy atom. The average Bonchev–Trinajstić information content (AvgIpc) is 3.08. The minimum Gasteiger partial charge on any atom is -0.497 e. The maximum Gasteiger partial charge on any atom is 0.274 e. The number of fused-ring (bicyclic) bond motifs is 1. The van der Waals surface area contributed by atoms with Crippen molar-refractivity contribution in [1.29, 1.82) is 0 Å². The van der Waals surface area contributed by atoms with Gasteiger partial charge in [0.15, 0.2) is 5.65 Å². The monoisotopic (exact) mass is 340 g/mol. The second-order valence-corrected chi connectivity index (χ2v) is 5.88. The van der Waals surface area contributed by atoms with Gasteiger partial charge in [0.05, 0.1) is 20.4 Å². The Morgan fingerprint density at radius 3 is 2.40 bits per heavy atom. The summed E-state index contributed by atoms with van der Waals surface area (Å²) in [6, 6.07) is 8.72. The van der Waals surface area contributed by atoms with Crippen LogP contribution in [0.1, 0.15) is 35.9 Å². The van der Waals surface area contributed by atoms with E-state index in [9.17, 15) is 4.79 Å². The van der Waals surface area contributed by atoms with Crippen molar-refractivity contribution in [3.05, 3.63) is 47.9 Å². The molecule has 25 heavy (non-hydrogen) atoms. The van der Waals surface area contributed by atoms with E-state index in [1.807, 2.05) is 13.8 Å². The first-order valence-corrected chi connectivity index (χ1v) is 7.91. The number of anilines is 1. The normalized spacial score (nSPS) is 10.9. The van der Waals surface area contributed by atoms with E-state index in [0.29, 0.717) is 28.5 Å². The van der Waals surface area contributed by atoms with E-state index in [-0.39, 0.29) is 11.8 Å². The first-order valence-electron chi connectivity index (χ1n) is 7.91. The summed E-state index contributed by atoms with van der Waals surface area (Å²) in [7, 11) is 3.12. The molecular weight excluding hydrogens is 320 g/mol. The van der Waals surface area contributed by atoms with Crippen LogP contribution >= 0.6 is 0 Å². The molecule has 0 spiro atoms. The van der Waals surface area contributed by atoms with Gasteiger partial charge in [-0.05, 0) is 12.0 Å². The molecule has 0 aliphatic carbocycles. The molecule has 2 heterocycles. The van der Waals surface area contributed by atoms with Crippen LogP contribution in [0.3, 0.4) is 0 Å². The summed E-state index contributed by atoms with van der Waals surface area (Å²) in [6.45, 7) is 4.09. The highest BCUT2D eigenvalue weighted by Crippen LogP contribution is 2.26. The number of carbonyl (C=O) groups is 1. The van der Waals surface area contributed by atoms with E-state index in [1.54, 1.807) is 55.3 Å². The Bertz CT molecular complexity index is 896. The third kappa shape index (κ3) is 3.40. The Kier molecular flexibility index (Phi) is 4.56. The Hall–Kier alpha value is -3.09. The third-order valence-electron chi connectivity index (χ3n) is 3.82. The molecule has 1 N–H and O–H groups in total. The van der Waals surface area contributed by atoms with Crippen LogP contribution in [0.25, 0.3) is 5.65 Å². The van der Waals surface area contributed by atoms with Crippen molar-refractivity contribution in [3.63, 3.8) is 0 Å². The Balaban J connectivity index is 1.95. The molecule has 0 bridgehead atoms. The van der Waals surface area contributed by atoms with Crippen LogP contribution in [0.2, 0.25) is 0 Å². The van der Waals surface area contributed by atoms with Crippen molar-refractivity contribution in [1.82, 2.24) is 14.6 Å². The molecule has 1 amide bonds. The molecule has 7 heteroatoms. The number of amides is 1. The summed E-state index contributed by atoms with van der Waals surface area (Å²) in [5, 5.41) is 7.10. The van der Waals surface area contributed by atoms with Crippen LogP contribution in [0.4, 0.5) is 5.69 Å². The van der Waals surface area contributed by atoms with Crippen LogP contribution in [0.15, 0.2) is 36.5 Å². The SMILES string of the molecule is COc1cc(NC(=O)c2cc(C(C)C)n3nccc3n2)cc(OC)c1. The molecule has 130 valence electrons. The number of hydrogen-bond donors (Lipinski definition) is 1. The van der Waals surface area contributed by atoms with E-state index >= 15 is 0 Å². The van der Waals surface area contributed by atoms with Gasteiger partial charge < -0.3 is 14.8 Å². The highest BCUT2D eigenvalue weighted by molar-refractivity contribution is 6.03. The number of aromatic nitrogens is 3. The van der Waals surface area contributed by atoms with Crippen molar-refractivity contribution in [2.75, 3.05) is 19.5 Å². The zero-order chi connectivity index (χ0) is 18.0. The number of carbonyl (C=O) groups excluding carboxylic acids is 1. The summed E-state index contributed by atoms with van der Waals surface area (Å²) in [4.78, 5) is 17.1. The molecule has 3 aromatic rings. The third-order valence-corrected chi connectivity index (χ3v) is 3.82. The quantitative estimate of drug-likeness (QED) is 0.772. The smallest absolute Gasteiger partial charge is 0.274 e. The molecule has 2 aromatic heterocycles. The van der Waals surface area contributed by atoms with Gasteiger partial charge in [0.25, 0.3) is 5.91 Å². The maximum absolute atomic E-state index is 12.7. The van der Waals surface area contributed by atoms with Gasteiger partial charge in [0.1, 0.15) is 17.2 Å². The Morgan fingerprint density at radius 2 is 1.80 bits per heavy atom. The summed E-state index contributed by atoms with van der Waals surface area (Å²) >= 11 is 0. The van der Waals surface area contributed by atoms with Crippen LogP contribution < -0.4 is 14.8 Å². The number of nitrogens with one attached hydrogen (secondary N) is 1. The van der Waals surface area contributed by atoms with Crippen molar-refractivity contribution in [3.8, 4) is 11.5 Å². The number of hydrogen-bond acceptors (Lipinski definition) is 5. The first kappa shape index (κ1) is 16.8. The molecule has 0 unspecified atom stereocenters. The second kappa shape index (κ2) is 6.80. The summed E-state index contributed by atoms with van der Waals surface area (Å²) < 4.78 is 12.2. The number of benzene rings is 1. The van der Waals surface area contributed by atoms with Gasteiger partial charge in [-0.1, -0.05) is 13.8 Å². The molecule has 7 nitrogen and oxygen atoms in total. The predicted octanol–water partition coefficient (Wildman–Crippen LogP) is 3.12. The number of nitrogens with zero attached hydrogens (tertiary/aromatic N) is 3. The van der Waals surface area contributed by atoms with E-state index in [1.165, 1.54) is 0 Å². The molecule has 0 fully saturated rings. The van der Waals surface area contributed by atoms with Gasteiger partial charge >= 0.3 is 0 Å². The molecule has 0 radical (unpaired) electrons. The van der Waals surface area contributed by atoms with E-state index in [2.05, 4.69) is 15.4 Å². The standard InChI is InChI=1S/C18H20N4O3/c1-11(2)16-10-15(21-17-5-6-19-22(16)17)18(23)20-12-7-13(24-3)9-14(8-12)25-4/h5-11H,1-4H3,(H,20,23). The molecule has 0 aliphatic rings. The molecule has 0 atom stereocenters. The summed E-state index contributed by atoms with van der Waals surface area (Å²) in [6.07, 6.45) is 1.67. The fourth-order valence-electron chi connectivity index (χ4n) is 2.54. The molecular formula is C18H20N4O3. The minimum absolute atomic E-state index is 0.203.